The van der Waals surface area contributed by atoms with E-state index in [2.05, 4.69) is 21.6 Å². The van der Waals surface area contributed by atoms with Crippen molar-refractivity contribution in [2.45, 2.75) is 13.5 Å². The number of hydrogen-bond donors (Lipinski definition) is 2. The van der Waals surface area contributed by atoms with Crippen LogP contribution in [0.2, 0.25) is 0 Å². The van der Waals surface area contributed by atoms with E-state index in [0.29, 0.717) is 5.56 Å². The summed E-state index contributed by atoms with van der Waals surface area (Å²) >= 11 is 0. The van der Waals surface area contributed by atoms with Crippen molar-refractivity contribution in [3.05, 3.63) is 65.2 Å². The van der Waals surface area contributed by atoms with Crippen LogP contribution >= 0.6 is 0 Å². The molecule has 1 amide bonds. The van der Waals surface area contributed by atoms with E-state index in [1.807, 2.05) is 49.4 Å². The molecule has 1 heterocycles. The Morgan fingerprint density at radius 2 is 1.88 bits per heavy atom. The lowest BCUT2D eigenvalue weighted by Gasteiger charge is -2.26. The average Bonchev–Trinajstić information content (AvgIpc) is 2.67. The van der Waals surface area contributed by atoms with Crippen molar-refractivity contribution in [3.63, 3.8) is 0 Å². The van der Waals surface area contributed by atoms with E-state index < -0.39 is 0 Å². The van der Waals surface area contributed by atoms with Crippen molar-refractivity contribution < 1.29 is 9.53 Å². The smallest absolute Gasteiger partial charge is 0.255 e. The zero-order valence-corrected chi connectivity index (χ0v) is 15.3. The second-order valence-electron chi connectivity index (χ2n) is 6.65. The number of morpholine rings is 1. The maximum Gasteiger partial charge on any atom is 0.255 e. The number of hydrogen-bond acceptors (Lipinski definition) is 4. The van der Waals surface area contributed by atoms with Gasteiger partial charge in [0.1, 0.15) is 0 Å². The van der Waals surface area contributed by atoms with Gasteiger partial charge in [-0.1, -0.05) is 29.8 Å². The van der Waals surface area contributed by atoms with Gasteiger partial charge in [-0.3, -0.25) is 9.69 Å². The highest BCUT2D eigenvalue weighted by molar-refractivity contribution is 6.04. The molecule has 3 rings (SSSR count). The normalized spacial score (nSPS) is 15.0. The van der Waals surface area contributed by atoms with E-state index in [1.165, 1.54) is 0 Å². The van der Waals surface area contributed by atoms with E-state index >= 15 is 0 Å². The van der Waals surface area contributed by atoms with Gasteiger partial charge in [-0.25, -0.2) is 0 Å². The summed E-state index contributed by atoms with van der Waals surface area (Å²) in [7, 11) is 0. The third kappa shape index (κ3) is 5.66. The topological polar surface area (TPSA) is 53.6 Å². The summed E-state index contributed by atoms with van der Waals surface area (Å²) in [6, 6.07) is 15.6. The molecule has 2 N–H and O–H groups in total. The molecule has 0 aromatic heterocycles. The Labute approximate surface area is 155 Å². The minimum atomic E-state index is -0.0811. The number of rotatable bonds is 7. The van der Waals surface area contributed by atoms with Crippen LogP contribution in [0.4, 0.5) is 5.69 Å². The van der Waals surface area contributed by atoms with Crippen molar-refractivity contribution >= 4 is 11.6 Å². The summed E-state index contributed by atoms with van der Waals surface area (Å²) in [4.78, 5) is 14.7. The summed E-state index contributed by atoms with van der Waals surface area (Å²) in [5.74, 6) is -0.0811. The van der Waals surface area contributed by atoms with Gasteiger partial charge in [0.05, 0.1) is 13.2 Å². The monoisotopic (exact) mass is 353 g/mol. The zero-order valence-electron chi connectivity index (χ0n) is 15.3. The second-order valence-corrected chi connectivity index (χ2v) is 6.65. The molecule has 1 fully saturated rings. The molecular weight excluding hydrogens is 326 g/mol. The third-order valence-electron chi connectivity index (χ3n) is 4.54. The molecule has 2 aromatic carbocycles. The number of benzene rings is 2. The molecule has 2 aromatic rings. The van der Waals surface area contributed by atoms with E-state index in [4.69, 9.17) is 4.74 Å². The van der Waals surface area contributed by atoms with Gasteiger partial charge in [-0.15, -0.1) is 0 Å². The maximum atomic E-state index is 12.3. The number of nitrogens with zero attached hydrogens (tertiary/aromatic N) is 1. The average molecular weight is 353 g/mol. The number of anilines is 1. The van der Waals surface area contributed by atoms with Crippen LogP contribution in [0.3, 0.4) is 0 Å². The minimum absolute atomic E-state index is 0.0811. The van der Waals surface area contributed by atoms with Crippen molar-refractivity contribution in [2.75, 3.05) is 44.7 Å². The first-order valence-corrected chi connectivity index (χ1v) is 9.18. The molecule has 0 unspecified atom stereocenters. The molecule has 0 bridgehead atoms. The highest BCUT2D eigenvalue weighted by Crippen LogP contribution is 2.13. The van der Waals surface area contributed by atoms with Crippen LogP contribution in [0.5, 0.6) is 0 Å². The molecule has 0 spiro atoms. The molecule has 0 aliphatic carbocycles. The molecule has 0 saturated carbocycles. The number of ether oxygens (including phenoxy) is 1. The summed E-state index contributed by atoms with van der Waals surface area (Å²) in [5.41, 5.74) is 3.80. The summed E-state index contributed by atoms with van der Waals surface area (Å²) in [5, 5.41) is 6.44. The van der Waals surface area contributed by atoms with Crippen LogP contribution in [0.25, 0.3) is 0 Å². The molecule has 1 aliphatic rings. The van der Waals surface area contributed by atoms with Crippen LogP contribution in [0.1, 0.15) is 21.5 Å². The lowest BCUT2D eigenvalue weighted by Crippen LogP contribution is -2.40. The van der Waals surface area contributed by atoms with Gasteiger partial charge in [0.15, 0.2) is 0 Å². The van der Waals surface area contributed by atoms with Crippen molar-refractivity contribution in [2.24, 2.45) is 0 Å². The maximum absolute atomic E-state index is 12.3. The predicted molar refractivity (Wildman–Crippen MR) is 105 cm³/mol. The lowest BCUT2D eigenvalue weighted by molar-refractivity contribution is 0.0384. The van der Waals surface area contributed by atoms with Gasteiger partial charge in [-0.2, -0.15) is 0 Å². The number of carbonyl (C=O) groups excluding carboxylic acids is 1. The van der Waals surface area contributed by atoms with Crippen molar-refractivity contribution in [1.29, 1.82) is 0 Å². The summed E-state index contributed by atoms with van der Waals surface area (Å²) in [6.45, 7) is 8.48. The van der Waals surface area contributed by atoms with E-state index in [9.17, 15) is 4.79 Å². The van der Waals surface area contributed by atoms with Crippen LogP contribution in [-0.2, 0) is 11.3 Å². The fourth-order valence-electron chi connectivity index (χ4n) is 2.96. The van der Waals surface area contributed by atoms with E-state index in [1.54, 1.807) is 0 Å². The molecular formula is C21H27N3O2. The fourth-order valence-corrected chi connectivity index (χ4v) is 2.96. The molecule has 138 valence electrons. The number of aryl methyl sites for hydroxylation is 1. The molecule has 1 aliphatic heterocycles. The first-order valence-electron chi connectivity index (χ1n) is 9.18. The Kier molecular flexibility index (Phi) is 6.77. The molecule has 26 heavy (non-hydrogen) atoms. The first-order chi connectivity index (χ1) is 12.7. The number of nitrogens with one attached hydrogen (secondary N) is 2. The highest BCUT2D eigenvalue weighted by atomic mass is 16.5. The summed E-state index contributed by atoms with van der Waals surface area (Å²) < 4.78 is 5.36. The molecule has 5 nitrogen and oxygen atoms in total. The standard InChI is InChI=1S/C21H27N3O2/c1-17-5-7-19(8-6-17)21(25)23-20-4-2-3-18(15-20)16-22-9-10-24-11-13-26-14-12-24/h2-8,15,22H,9-14,16H2,1H3,(H,23,25). The Bertz CT molecular complexity index is 709. The molecule has 0 radical (unpaired) electrons. The van der Waals surface area contributed by atoms with Crippen LogP contribution in [0.15, 0.2) is 48.5 Å². The second kappa shape index (κ2) is 9.48. The summed E-state index contributed by atoms with van der Waals surface area (Å²) in [6.07, 6.45) is 0. The van der Waals surface area contributed by atoms with Crippen LogP contribution in [-0.4, -0.2) is 50.2 Å². The molecule has 1 saturated heterocycles. The zero-order chi connectivity index (χ0) is 18.2. The SMILES string of the molecule is Cc1ccc(C(=O)Nc2cccc(CNCCN3CCOCC3)c2)cc1. The van der Waals surface area contributed by atoms with Gasteiger partial charge in [0, 0.05) is 44.0 Å². The largest absolute Gasteiger partial charge is 0.379 e. The van der Waals surface area contributed by atoms with Gasteiger partial charge in [0.2, 0.25) is 0 Å². The van der Waals surface area contributed by atoms with Gasteiger partial charge in [-0.05, 0) is 36.8 Å². The van der Waals surface area contributed by atoms with Gasteiger partial charge >= 0.3 is 0 Å². The minimum Gasteiger partial charge on any atom is -0.379 e. The van der Waals surface area contributed by atoms with Crippen LogP contribution in [0, 0.1) is 6.92 Å². The Balaban J connectivity index is 1.46. The number of carbonyl (C=O) groups is 1. The Morgan fingerprint density at radius 3 is 2.65 bits per heavy atom. The fraction of sp³-hybridized carbons (Fsp3) is 0.381. The van der Waals surface area contributed by atoms with Crippen molar-refractivity contribution in [3.8, 4) is 0 Å². The Hall–Kier alpha value is -2.21. The van der Waals surface area contributed by atoms with E-state index in [-0.39, 0.29) is 5.91 Å². The van der Waals surface area contributed by atoms with E-state index in [0.717, 1.165) is 62.8 Å². The lowest BCUT2D eigenvalue weighted by atomic mass is 10.1. The first kappa shape index (κ1) is 18.6. The third-order valence-corrected chi connectivity index (χ3v) is 4.54. The Morgan fingerprint density at radius 1 is 1.12 bits per heavy atom. The highest BCUT2D eigenvalue weighted by Gasteiger charge is 2.09. The number of amides is 1. The van der Waals surface area contributed by atoms with Gasteiger partial charge in [0.25, 0.3) is 5.91 Å². The predicted octanol–water partition coefficient (Wildman–Crippen LogP) is 2.67. The molecule has 5 heteroatoms. The molecule has 0 atom stereocenters. The van der Waals surface area contributed by atoms with Crippen molar-refractivity contribution in [1.82, 2.24) is 10.2 Å². The van der Waals surface area contributed by atoms with Gasteiger partial charge < -0.3 is 15.4 Å². The van der Waals surface area contributed by atoms with Crippen LogP contribution < -0.4 is 10.6 Å². The quantitative estimate of drug-likeness (QED) is 0.752.